The lowest BCUT2D eigenvalue weighted by Gasteiger charge is -2.28. The maximum absolute atomic E-state index is 5.65. The minimum atomic E-state index is -2.80. The van der Waals surface area contributed by atoms with Crippen LogP contribution in [0.15, 0.2) is 0 Å². The van der Waals surface area contributed by atoms with E-state index < -0.39 is 26.7 Å². The zero-order chi connectivity index (χ0) is 29.8. The zero-order valence-corrected chi connectivity index (χ0v) is 29.4. The van der Waals surface area contributed by atoms with E-state index in [1.165, 1.54) is 0 Å². The molecule has 14 heteroatoms. The van der Waals surface area contributed by atoms with E-state index in [0.29, 0.717) is 72.6 Å². The topological polar surface area (TPSA) is 118 Å². The van der Waals surface area contributed by atoms with Gasteiger partial charge in [-0.2, -0.15) is 0 Å². The highest BCUT2D eigenvalue weighted by atomic mass is 28.4. The largest absolute Gasteiger partial charge is 0.679 e. The fraction of sp³-hybridized carbons (Fsp3) is 1.00. The molecule has 38 heavy (non-hydrogen) atoms. The first kappa shape index (κ1) is 42.7. The monoisotopic (exact) mass is 607 g/mol. The van der Waals surface area contributed by atoms with Crippen LogP contribution in [0.25, 0.3) is 0 Å². The van der Waals surface area contributed by atoms with Gasteiger partial charge in [0.15, 0.2) is 0 Å². The normalized spacial score (nSPS) is 12.0. The van der Waals surface area contributed by atoms with E-state index in [4.69, 9.17) is 50.0 Å². The van der Waals surface area contributed by atoms with Gasteiger partial charge in [0.1, 0.15) is 0 Å². The van der Waals surface area contributed by atoms with Crippen molar-refractivity contribution >= 4 is 26.7 Å². The summed E-state index contributed by atoms with van der Waals surface area (Å²) in [6.45, 7) is 28.0. The molecule has 234 valence electrons. The summed E-state index contributed by atoms with van der Waals surface area (Å²) in [7, 11) is -7.44. The van der Waals surface area contributed by atoms with Crippen molar-refractivity contribution in [2.45, 2.75) is 88.2 Å². The van der Waals surface area contributed by atoms with E-state index in [0.717, 1.165) is 12.5 Å². The Balaban J connectivity index is -0.000000487. The third-order valence-electron chi connectivity index (χ3n) is 4.28. The lowest BCUT2D eigenvalue weighted by molar-refractivity contribution is -0.0247. The molecule has 0 amide bonds. The quantitative estimate of drug-likeness (QED) is 0.164. The first-order chi connectivity index (χ1) is 18.2. The Hall–Kier alpha value is 0.211. The molecular formula is C24H61NO10Si3. The van der Waals surface area contributed by atoms with Gasteiger partial charge in [-0.25, -0.2) is 0 Å². The molecule has 0 bridgehead atoms. The second-order valence-corrected chi connectivity index (χ2v) is 14.7. The Morgan fingerprint density at radius 3 is 0.895 bits per heavy atom. The van der Waals surface area contributed by atoms with Crippen LogP contribution in [0.4, 0.5) is 0 Å². The van der Waals surface area contributed by atoms with Crippen LogP contribution in [0, 0.1) is 0 Å². The molecule has 2 N–H and O–H groups in total. The van der Waals surface area contributed by atoms with Crippen molar-refractivity contribution in [3.8, 4) is 0 Å². The van der Waals surface area contributed by atoms with Crippen LogP contribution in [0.3, 0.4) is 0 Å². The van der Waals surface area contributed by atoms with Gasteiger partial charge in [-0.3, -0.25) is 0 Å². The lowest BCUT2D eigenvalue weighted by atomic mass is 10.5. The summed E-state index contributed by atoms with van der Waals surface area (Å²) < 4.78 is 54.9. The number of nitrogens with two attached hydrogens (primary N) is 1. The van der Waals surface area contributed by atoms with E-state index in [1.54, 1.807) is 0 Å². The van der Waals surface area contributed by atoms with Crippen molar-refractivity contribution in [3.05, 3.63) is 0 Å². The predicted octanol–water partition coefficient (Wildman–Crippen LogP) is 4.62. The summed E-state index contributed by atoms with van der Waals surface area (Å²) in [6.07, 6.45) is 0.895. The molecule has 0 aliphatic heterocycles. The third kappa shape index (κ3) is 22.0. The molecule has 11 nitrogen and oxygen atoms in total. The average Bonchev–Trinajstić information content (AvgIpc) is 2.85. The van der Waals surface area contributed by atoms with E-state index >= 15 is 0 Å². The molecule has 0 spiro atoms. The fourth-order valence-corrected chi connectivity index (χ4v) is 9.57. The standard InChI is InChI=1S/C9H23NO3Si.C8H20O4Si.C7H18O3Si/c1-4-11-14(12-5-2,13-6-3)9-7-8-10;1-5-9-13(10-6-2,11-7-3)12-8-4;1-5-8-11(4,9-6-2)10-7-3/h4-10H2,1-3H3;5-8H2,1-4H3;5-7H2,1-4H3. The highest BCUT2D eigenvalue weighted by Gasteiger charge is 2.44. The Labute approximate surface area is 237 Å². The Kier molecular flexibility index (Phi) is 32.3. The first-order valence-corrected chi connectivity index (χ1v) is 20.1. The van der Waals surface area contributed by atoms with E-state index in [9.17, 15) is 0 Å². The van der Waals surface area contributed by atoms with Gasteiger partial charge in [0.2, 0.25) is 0 Å². The number of rotatable bonds is 23. The van der Waals surface area contributed by atoms with Gasteiger partial charge in [-0.05, 0) is 82.2 Å². The van der Waals surface area contributed by atoms with Crippen molar-refractivity contribution in [1.82, 2.24) is 0 Å². The van der Waals surface area contributed by atoms with Gasteiger partial charge in [-0.1, -0.05) is 0 Å². The first-order valence-electron chi connectivity index (χ1n) is 14.3. The molecular weight excluding hydrogens is 547 g/mol. The molecule has 0 saturated heterocycles. The van der Waals surface area contributed by atoms with Gasteiger partial charge < -0.3 is 50.0 Å². The molecule has 0 radical (unpaired) electrons. The van der Waals surface area contributed by atoms with Gasteiger partial charge in [-0.15, -0.1) is 0 Å². The smallest absolute Gasteiger partial charge is 0.374 e. The summed E-state index contributed by atoms with van der Waals surface area (Å²) in [5.74, 6) is 0. The second kappa shape index (κ2) is 28.7. The highest BCUT2D eigenvalue weighted by molar-refractivity contribution is 6.60. The maximum Gasteiger partial charge on any atom is 0.679 e. The molecule has 0 aliphatic rings. The SMILES string of the molecule is CCO[Si](C)(OCC)OCC.CCO[Si](CCCN)(OCC)OCC.CCO[Si](OCC)(OCC)OCC. The number of hydrogen-bond donors (Lipinski definition) is 1. The van der Waals surface area contributed by atoms with E-state index in [-0.39, 0.29) is 0 Å². The van der Waals surface area contributed by atoms with Crippen molar-refractivity contribution in [1.29, 1.82) is 0 Å². The van der Waals surface area contributed by atoms with Crippen LogP contribution in [0.2, 0.25) is 12.6 Å². The van der Waals surface area contributed by atoms with Gasteiger partial charge >= 0.3 is 26.7 Å². The molecule has 0 heterocycles. The number of hydrogen-bond acceptors (Lipinski definition) is 11. The molecule has 0 aromatic heterocycles. The summed E-state index contributed by atoms with van der Waals surface area (Å²) in [6, 6.07) is 0.818. The van der Waals surface area contributed by atoms with Gasteiger partial charge in [0.25, 0.3) is 0 Å². The van der Waals surface area contributed by atoms with Gasteiger partial charge in [0, 0.05) is 78.7 Å². The van der Waals surface area contributed by atoms with Crippen LogP contribution in [-0.2, 0) is 44.3 Å². The van der Waals surface area contributed by atoms with Crippen LogP contribution in [0.5, 0.6) is 0 Å². The van der Waals surface area contributed by atoms with Crippen molar-refractivity contribution < 1.29 is 44.3 Å². The van der Waals surface area contributed by atoms with Crippen LogP contribution in [0.1, 0.15) is 75.7 Å². The molecule has 0 fully saturated rings. The second-order valence-electron chi connectivity index (χ2n) is 7.27. The summed E-state index contributed by atoms with van der Waals surface area (Å²) in [5.41, 5.74) is 5.48. The minimum Gasteiger partial charge on any atom is -0.374 e. The molecule has 0 atom stereocenters. The summed E-state index contributed by atoms with van der Waals surface area (Å²) in [5, 5.41) is 0. The van der Waals surface area contributed by atoms with Crippen molar-refractivity contribution in [2.75, 3.05) is 72.6 Å². The molecule has 0 aromatic rings. The summed E-state index contributed by atoms with van der Waals surface area (Å²) in [4.78, 5) is 0. The third-order valence-corrected chi connectivity index (χ3v) is 12.4. The minimum absolute atomic E-state index is 0.548. The van der Waals surface area contributed by atoms with Crippen LogP contribution >= 0.6 is 0 Å². The van der Waals surface area contributed by atoms with Crippen molar-refractivity contribution in [3.63, 3.8) is 0 Å². The molecule has 0 saturated carbocycles. The Morgan fingerprint density at radius 1 is 0.421 bits per heavy atom. The Morgan fingerprint density at radius 2 is 0.684 bits per heavy atom. The molecule has 0 aromatic carbocycles. The maximum atomic E-state index is 5.65. The van der Waals surface area contributed by atoms with E-state index in [1.807, 2.05) is 75.8 Å². The molecule has 0 unspecified atom stereocenters. The van der Waals surface area contributed by atoms with E-state index in [2.05, 4.69) is 0 Å². The van der Waals surface area contributed by atoms with Gasteiger partial charge in [0.05, 0.1) is 0 Å². The van der Waals surface area contributed by atoms with Crippen LogP contribution < -0.4 is 5.73 Å². The zero-order valence-electron chi connectivity index (χ0n) is 26.4. The fourth-order valence-electron chi connectivity index (χ4n) is 3.19. The Bertz CT molecular complexity index is 421. The highest BCUT2D eigenvalue weighted by Crippen LogP contribution is 2.17. The predicted molar refractivity (Wildman–Crippen MR) is 158 cm³/mol. The molecule has 0 rings (SSSR count). The lowest BCUT2D eigenvalue weighted by Crippen LogP contribution is -2.49. The summed E-state index contributed by atoms with van der Waals surface area (Å²) >= 11 is 0. The average molecular weight is 608 g/mol. The van der Waals surface area contributed by atoms with Crippen molar-refractivity contribution in [2.24, 2.45) is 5.73 Å². The molecule has 0 aliphatic carbocycles. The van der Waals surface area contributed by atoms with Crippen LogP contribution in [-0.4, -0.2) is 99.3 Å².